The van der Waals surface area contributed by atoms with E-state index in [1.807, 2.05) is 58.0 Å². The second kappa shape index (κ2) is 7.02. The Hall–Kier alpha value is -2.04. The highest BCUT2D eigenvalue weighted by Crippen LogP contribution is 2.25. The molecule has 1 aliphatic heterocycles. The van der Waals surface area contributed by atoms with Crippen LogP contribution in [0.1, 0.15) is 39.7 Å². The molecule has 1 N–H and O–H groups in total. The van der Waals surface area contributed by atoms with Crippen LogP contribution >= 0.6 is 0 Å². The molecule has 0 spiro atoms. The Balaban J connectivity index is 2.08. The normalized spacial score (nSPS) is 22.3. The summed E-state index contributed by atoms with van der Waals surface area (Å²) in [5.74, 6) is -0.349. The smallest absolute Gasteiger partial charge is 0.408 e. The molecule has 0 saturated carbocycles. The topological polar surface area (TPSA) is 64.6 Å². The van der Waals surface area contributed by atoms with Crippen molar-refractivity contribution in [3.05, 3.63) is 35.9 Å². The van der Waals surface area contributed by atoms with Gasteiger partial charge in [0.15, 0.2) is 0 Å². The molecule has 1 aromatic rings. The van der Waals surface area contributed by atoms with Gasteiger partial charge in [-0.3, -0.25) is 4.79 Å². The summed E-state index contributed by atoms with van der Waals surface area (Å²) in [6, 6.07) is 9.51. The fraction of sp³-hybridized carbons (Fsp3) is 0.556. The minimum absolute atomic E-state index is 0.140. The van der Waals surface area contributed by atoms with Gasteiger partial charge in [0.2, 0.25) is 0 Å². The summed E-state index contributed by atoms with van der Waals surface area (Å²) in [6.07, 6.45) is 0.371. The molecule has 0 bridgehead atoms. The van der Waals surface area contributed by atoms with Gasteiger partial charge in [-0.15, -0.1) is 0 Å². The third-order valence-corrected chi connectivity index (χ3v) is 3.71. The molecule has 1 aromatic carbocycles. The van der Waals surface area contributed by atoms with Crippen LogP contribution in [0.15, 0.2) is 30.3 Å². The van der Waals surface area contributed by atoms with E-state index in [2.05, 4.69) is 5.32 Å². The van der Waals surface area contributed by atoms with E-state index >= 15 is 0 Å². The summed E-state index contributed by atoms with van der Waals surface area (Å²) in [5.41, 5.74) is 0.505. The van der Waals surface area contributed by atoms with Crippen molar-refractivity contribution in [3.63, 3.8) is 0 Å². The van der Waals surface area contributed by atoms with Crippen molar-refractivity contribution in [2.45, 2.75) is 58.3 Å². The number of carbonyl (C=O) groups is 2. The number of cyclic esters (lactones) is 1. The Bertz CT molecular complexity index is 550. The first kappa shape index (κ1) is 17.3. The minimum Gasteiger partial charge on any atom is -0.460 e. The largest absolute Gasteiger partial charge is 0.460 e. The lowest BCUT2D eigenvalue weighted by Gasteiger charge is -2.26. The molecule has 1 amide bonds. The Kier molecular flexibility index (Phi) is 5.29. The van der Waals surface area contributed by atoms with Crippen molar-refractivity contribution in [2.75, 3.05) is 0 Å². The van der Waals surface area contributed by atoms with Crippen molar-refractivity contribution >= 4 is 12.1 Å². The number of rotatable bonds is 4. The van der Waals surface area contributed by atoms with Crippen LogP contribution in [0.4, 0.5) is 4.79 Å². The van der Waals surface area contributed by atoms with E-state index in [1.165, 1.54) is 0 Å². The molecule has 1 saturated heterocycles. The molecule has 0 radical (unpaired) electrons. The van der Waals surface area contributed by atoms with Gasteiger partial charge in [-0.05, 0) is 39.2 Å². The van der Waals surface area contributed by atoms with Gasteiger partial charge in [0.05, 0.1) is 12.0 Å². The number of nitrogens with one attached hydrogen (secondary N) is 1. The van der Waals surface area contributed by atoms with Gasteiger partial charge in [0.25, 0.3) is 0 Å². The summed E-state index contributed by atoms with van der Waals surface area (Å²) in [6.45, 7) is 7.29. The number of alkyl carbamates (subject to hydrolysis) is 1. The van der Waals surface area contributed by atoms with Crippen LogP contribution < -0.4 is 5.32 Å². The number of benzene rings is 1. The SMILES string of the molecule is C[C@@H]1C[C@@H](C(Cc2ccccc2)NC(=O)OC(C)(C)C)OC1=O. The molecule has 3 atom stereocenters. The number of ether oxygens (including phenoxy) is 2. The first-order chi connectivity index (χ1) is 10.7. The van der Waals surface area contributed by atoms with Gasteiger partial charge in [-0.1, -0.05) is 37.3 Å². The first-order valence-electron chi connectivity index (χ1n) is 7.98. The number of esters is 1. The van der Waals surface area contributed by atoms with E-state index in [0.717, 1.165) is 5.56 Å². The van der Waals surface area contributed by atoms with Crippen LogP contribution in [-0.4, -0.2) is 29.8 Å². The Morgan fingerprint density at radius 1 is 1.35 bits per heavy atom. The number of hydrogen-bond acceptors (Lipinski definition) is 4. The fourth-order valence-electron chi connectivity index (χ4n) is 2.61. The van der Waals surface area contributed by atoms with Crippen molar-refractivity contribution < 1.29 is 19.1 Å². The molecular formula is C18H25NO4. The molecule has 1 heterocycles. The first-order valence-corrected chi connectivity index (χ1v) is 7.98. The summed E-state index contributed by atoms with van der Waals surface area (Å²) < 4.78 is 10.8. The maximum absolute atomic E-state index is 12.1. The van der Waals surface area contributed by atoms with E-state index in [4.69, 9.17) is 9.47 Å². The van der Waals surface area contributed by atoms with Gasteiger partial charge < -0.3 is 14.8 Å². The Morgan fingerprint density at radius 2 is 2.00 bits per heavy atom. The second-order valence-corrected chi connectivity index (χ2v) is 7.05. The van der Waals surface area contributed by atoms with Crippen molar-refractivity contribution in [3.8, 4) is 0 Å². The molecule has 1 unspecified atom stereocenters. The van der Waals surface area contributed by atoms with Crippen molar-refractivity contribution in [1.82, 2.24) is 5.32 Å². The highest BCUT2D eigenvalue weighted by Gasteiger charge is 2.37. The molecule has 5 nitrogen and oxygen atoms in total. The van der Waals surface area contributed by atoms with E-state index in [9.17, 15) is 9.59 Å². The van der Waals surface area contributed by atoms with E-state index in [0.29, 0.717) is 12.8 Å². The highest BCUT2D eigenvalue weighted by molar-refractivity contribution is 5.74. The fourth-order valence-corrected chi connectivity index (χ4v) is 2.61. The van der Waals surface area contributed by atoms with Crippen LogP contribution in [0.2, 0.25) is 0 Å². The van der Waals surface area contributed by atoms with Gasteiger partial charge >= 0.3 is 12.1 Å². The molecule has 1 fully saturated rings. The molecular weight excluding hydrogens is 294 g/mol. The monoisotopic (exact) mass is 319 g/mol. The van der Waals surface area contributed by atoms with Crippen molar-refractivity contribution in [1.29, 1.82) is 0 Å². The third kappa shape index (κ3) is 5.27. The van der Waals surface area contributed by atoms with Crippen LogP contribution in [0, 0.1) is 5.92 Å². The van der Waals surface area contributed by atoms with Crippen LogP contribution in [0.5, 0.6) is 0 Å². The highest BCUT2D eigenvalue weighted by atomic mass is 16.6. The molecule has 0 aliphatic carbocycles. The summed E-state index contributed by atoms with van der Waals surface area (Å²) in [5, 5.41) is 2.87. The molecule has 2 rings (SSSR count). The van der Waals surface area contributed by atoms with Crippen LogP contribution in [0.25, 0.3) is 0 Å². The van der Waals surface area contributed by atoms with Crippen LogP contribution in [-0.2, 0) is 20.7 Å². The quantitative estimate of drug-likeness (QED) is 0.866. The van der Waals surface area contributed by atoms with E-state index in [-0.39, 0.29) is 24.0 Å². The van der Waals surface area contributed by atoms with Gasteiger partial charge in [0, 0.05) is 0 Å². The molecule has 126 valence electrons. The molecule has 23 heavy (non-hydrogen) atoms. The maximum atomic E-state index is 12.1. The Labute approximate surface area is 137 Å². The van der Waals surface area contributed by atoms with E-state index < -0.39 is 11.7 Å². The lowest BCUT2D eigenvalue weighted by Crippen LogP contribution is -2.46. The molecule has 0 aromatic heterocycles. The molecule has 1 aliphatic rings. The average Bonchev–Trinajstić information content (AvgIpc) is 2.77. The third-order valence-electron chi connectivity index (χ3n) is 3.71. The zero-order chi connectivity index (χ0) is 17.0. The minimum atomic E-state index is -0.568. The van der Waals surface area contributed by atoms with Gasteiger partial charge in [-0.2, -0.15) is 0 Å². The zero-order valence-electron chi connectivity index (χ0n) is 14.2. The lowest BCUT2D eigenvalue weighted by molar-refractivity contribution is -0.144. The van der Waals surface area contributed by atoms with Gasteiger partial charge in [-0.25, -0.2) is 4.79 Å². The number of carbonyl (C=O) groups excluding carboxylic acids is 2. The lowest BCUT2D eigenvalue weighted by atomic mass is 9.97. The Morgan fingerprint density at radius 3 is 2.52 bits per heavy atom. The standard InChI is InChI=1S/C18H25NO4/c1-12-10-15(22-16(12)20)14(11-13-8-6-5-7-9-13)19-17(21)23-18(2,3)4/h5-9,12,14-15H,10-11H2,1-4H3,(H,19,21)/t12-,14?,15+/m1/s1. The van der Waals surface area contributed by atoms with Crippen LogP contribution in [0.3, 0.4) is 0 Å². The zero-order valence-corrected chi connectivity index (χ0v) is 14.2. The summed E-state index contributed by atoms with van der Waals surface area (Å²) in [4.78, 5) is 23.8. The molecule has 5 heteroatoms. The maximum Gasteiger partial charge on any atom is 0.408 e. The number of amides is 1. The average molecular weight is 319 g/mol. The second-order valence-electron chi connectivity index (χ2n) is 7.05. The number of hydrogen-bond donors (Lipinski definition) is 1. The summed E-state index contributed by atoms with van der Waals surface area (Å²) >= 11 is 0. The summed E-state index contributed by atoms with van der Waals surface area (Å²) in [7, 11) is 0. The predicted octanol–water partition coefficient (Wildman–Crippen LogP) is 3.07. The predicted molar refractivity (Wildman–Crippen MR) is 87.0 cm³/mol. The van der Waals surface area contributed by atoms with Gasteiger partial charge in [0.1, 0.15) is 11.7 Å². The van der Waals surface area contributed by atoms with Crippen molar-refractivity contribution in [2.24, 2.45) is 5.92 Å². The van der Waals surface area contributed by atoms with E-state index in [1.54, 1.807) is 0 Å².